The molecule has 0 atom stereocenters. The van der Waals surface area contributed by atoms with Crippen LogP contribution in [-0.4, -0.2) is 11.5 Å². The molecule has 4 heteroatoms. The molecule has 0 saturated heterocycles. The SMILES string of the molecule is N#Cc1ncccc1CN1CCCc2cc(N)ccc21. The van der Waals surface area contributed by atoms with Crippen LogP contribution in [0.4, 0.5) is 11.4 Å². The molecule has 0 spiro atoms. The van der Waals surface area contributed by atoms with E-state index in [1.165, 1.54) is 11.3 Å². The first-order chi connectivity index (χ1) is 9.78. The van der Waals surface area contributed by atoms with Crippen LogP contribution < -0.4 is 10.6 Å². The Morgan fingerprint density at radius 2 is 2.25 bits per heavy atom. The Hall–Kier alpha value is -2.54. The second kappa shape index (κ2) is 5.22. The van der Waals surface area contributed by atoms with Gasteiger partial charge in [0.15, 0.2) is 0 Å². The molecule has 0 unspecified atom stereocenters. The monoisotopic (exact) mass is 264 g/mol. The Morgan fingerprint density at radius 1 is 1.35 bits per heavy atom. The predicted molar refractivity (Wildman–Crippen MR) is 79.2 cm³/mol. The zero-order valence-corrected chi connectivity index (χ0v) is 11.2. The Morgan fingerprint density at radius 3 is 3.10 bits per heavy atom. The van der Waals surface area contributed by atoms with Crippen LogP contribution in [-0.2, 0) is 13.0 Å². The van der Waals surface area contributed by atoms with E-state index in [1.807, 2.05) is 18.2 Å². The van der Waals surface area contributed by atoms with Crippen molar-refractivity contribution < 1.29 is 0 Å². The van der Waals surface area contributed by atoms with Gasteiger partial charge in [0.2, 0.25) is 0 Å². The van der Waals surface area contributed by atoms with Gasteiger partial charge in [-0.2, -0.15) is 5.26 Å². The Bertz CT molecular complexity index is 672. The van der Waals surface area contributed by atoms with Crippen LogP contribution in [0.15, 0.2) is 36.5 Å². The van der Waals surface area contributed by atoms with Crippen molar-refractivity contribution in [3.63, 3.8) is 0 Å². The Balaban J connectivity index is 1.92. The van der Waals surface area contributed by atoms with Crippen molar-refractivity contribution in [2.24, 2.45) is 0 Å². The average Bonchev–Trinajstić information content (AvgIpc) is 2.47. The van der Waals surface area contributed by atoms with Gasteiger partial charge in [0.25, 0.3) is 0 Å². The standard InChI is InChI=1S/C16H16N4/c17-10-15-13(3-1-7-19-15)11-20-8-2-4-12-9-14(18)5-6-16(12)20/h1,3,5-7,9H,2,4,8,11,18H2. The van der Waals surface area contributed by atoms with Gasteiger partial charge in [-0.3, -0.25) is 0 Å². The summed E-state index contributed by atoms with van der Waals surface area (Å²) in [5.41, 5.74) is 10.7. The summed E-state index contributed by atoms with van der Waals surface area (Å²) in [5, 5.41) is 9.13. The van der Waals surface area contributed by atoms with Gasteiger partial charge in [0.1, 0.15) is 11.8 Å². The molecular weight excluding hydrogens is 248 g/mol. The third-order valence-corrected chi connectivity index (χ3v) is 3.68. The maximum absolute atomic E-state index is 9.13. The molecule has 100 valence electrons. The molecule has 1 aromatic heterocycles. The highest BCUT2D eigenvalue weighted by Gasteiger charge is 2.18. The summed E-state index contributed by atoms with van der Waals surface area (Å²) >= 11 is 0. The lowest BCUT2D eigenvalue weighted by atomic mass is 10.00. The smallest absolute Gasteiger partial charge is 0.145 e. The number of nitriles is 1. The number of rotatable bonds is 2. The first kappa shape index (κ1) is 12.5. The van der Waals surface area contributed by atoms with Gasteiger partial charge >= 0.3 is 0 Å². The van der Waals surface area contributed by atoms with E-state index >= 15 is 0 Å². The number of fused-ring (bicyclic) bond motifs is 1. The molecule has 2 aromatic rings. The number of hydrogen-bond donors (Lipinski definition) is 1. The quantitative estimate of drug-likeness (QED) is 0.846. The first-order valence-corrected chi connectivity index (χ1v) is 6.75. The average molecular weight is 264 g/mol. The summed E-state index contributed by atoms with van der Waals surface area (Å²) < 4.78 is 0. The van der Waals surface area contributed by atoms with Gasteiger partial charge in [-0.1, -0.05) is 6.07 Å². The number of nitrogens with zero attached hydrogens (tertiary/aromatic N) is 3. The molecule has 0 saturated carbocycles. The first-order valence-electron chi connectivity index (χ1n) is 6.75. The largest absolute Gasteiger partial charge is 0.399 e. The van der Waals surface area contributed by atoms with E-state index in [0.717, 1.165) is 30.6 Å². The highest BCUT2D eigenvalue weighted by Crippen LogP contribution is 2.30. The van der Waals surface area contributed by atoms with Crippen LogP contribution in [0.1, 0.15) is 23.2 Å². The molecule has 20 heavy (non-hydrogen) atoms. The maximum atomic E-state index is 9.13. The highest BCUT2D eigenvalue weighted by molar-refractivity contribution is 5.61. The van der Waals surface area contributed by atoms with Crippen LogP contribution >= 0.6 is 0 Å². The van der Waals surface area contributed by atoms with Gasteiger partial charge in [-0.05, 0) is 42.7 Å². The Kier molecular flexibility index (Phi) is 3.26. The highest BCUT2D eigenvalue weighted by atomic mass is 15.1. The van der Waals surface area contributed by atoms with Gasteiger partial charge in [-0.25, -0.2) is 4.98 Å². The molecule has 2 heterocycles. The number of hydrogen-bond acceptors (Lipinski definition) is 4. The van der Waals surface area contributed by atoms with E-state index in [9.17, 15) is 0 Å². The molecule has 1 aromatic carbocycles. The lowest BCUT2D eigenvalue weighted by molar-refractivity contribution is 0.689. The van der Waals surface area contributed by atoms with Crippen molar-refractivity contribution in [3.05, 3.63) is 53.3 Å². The number of anilines is 2. The lowest BCUT2D eigenvalue weighted by Crippen LogP contribution is -2.29. The molecule has 0 amide bonds. The minimum absolute atomic E-state index is 0.509. The molecule has 2 N–H and O–H groups in total. The number of pyridine rings is 1. The number of aryl methyl sites for hydroxylation is 1. The second-order valence-corrected chi connectivity index (χ2v) is 5.04. The van der Waals surface area contributed by atoms with Crippen molar-refractivity contribution in [1.82, 2.24) is 4.98 Å². The van der Waals surface area contributed by atoms with E-state index < -0.39 is 0 Å². The van der Waals surface area contributed by atoms with Crippen LogP contribution in [0.5, 0.6) is 0 Å². The van der Waals surface area contributed by atoms with Crippen LogP contribution in [0.25, 0.3) is 0 Å². The molecule has 0 aliphatic carbocycles. The van der Waals surface area contributed by atoms with E-state index in [1.54, 1.807) is 6.20 Å². The van der Waals surface area contributed by atoms with E-state index in [4.69, 9.17) is 11.0 Å². The summed E-state index contributed by atoms with van der Waals surface area (Å²) in [7, 11) is 0. The van der Waals surface area contributed by atoms with Gasteiger partial charge in [-0.15, -0.1) is 0 Å². The number of nitrogens with two attached hydrogens (primary N) is 1. The van der Waals surface area contributed by atoms with Crippen molar-refractivity contribution in [2.45, 2.75) is 19.4 Å². The minimum atomic E-state index is 0.509. The summed E-state index contributed by atoms with van der Waals surface area (Å²) in [6.07, 6.45) is 3.83. The molecule has 0 radical (unpaired) electrons. The zero-order chi connectivity index (χ0) is 13.9. The normalized spacial score (nSPS) is 13.7. The minimum Gasteiger partial charge on any atom is -0.399 e. The van der Waals surface area contributed by atoms with Crippen molar-refractivity contribution >= 4 is 11.4 Å². The maximum Gasteiger partial charge on any atom is 0.145 e. The number of nitrogen functional groups attached to an aromatic ring is 1. The van der Waals surface area contributed by atoms with Crippen molar-refractivity contribution in [2.75, 3.05) is 17.2 Å². The molecule has 3 rings (SSSR count). The van der Waals surface area contributed by atoms with Crippen LogP contribution in [0.3, 0.4) is 0 Å². The summed E-state index contributed by atoms with van der Waals surface area (Å²) in [5.74, 6) is 0. The molecular formula is C16H16N4. The molecule has 1 aliphatic heterocycles. The third kappa shape index (κ3) is 2.30. The summed E-state index contributed by atoms with van der Waals surface area (Å²) in [4.78, 5) is 6.43. The fourth-order valence-corrected chi connectivity index (χ4v) is 2.73. The van der Waals surface area contributed by atoms with Crippen molar-refractivity contribution in [3.8, 4) is 6.07 Å². The topological polar surface area (TPSA) is 65.9 Å². The molecule has 0 bridgehead atoms. The molecule has 4 nitrogen and oxygen atoms in total. The lowest BCUT2D eigenvalue weighted by Gasteiger charge is -2.31. The van der Waals surface area contributed by atoms with Crippen LogP contribution in [0, 0.1) is 11.3 Å². The molecule has 0 fully saturated rings. The predicted octanol–water partition coefficient (Wildman–Crippen LogP) is 2.49. The number of benzene rings is 1. The Labute approximate surface area is 118 Å². The van der Waals surface area contributed by atoms with Gasteiger partial charge in [0.05, 0.1) is 0 Å². The van der Waals surface area contributed by atoms with E-state index in [-0.39, 0.29) is 0 Å². The zero-order valence-electron chi connectivity index (χ0n) is 11.2. The van der Waals surface area contributed by atoms with E-state index in [0.29, 0.717) is 12.2 Å². The van der Waals surface area contributed by atoms with Crippen molar-refractivity contribution in [1.29, 1.82) is 5.26 Å². The third-order valence-electron chi connectivity index (χ3n) is 3.68. The fraction of sp³-hybridized carbons (Fsp3) is 0.250. The number of aromatic nitrogens is 1. The summed E-state index contributed by atoms with van der Waals surface area (Å²) in [6, 6.07) is 12.1. The fourth-order valence-electron chi connectivity index (χ4n) is 2.73. The summed E-state index contributed by atoms with van der Waals surface area (Å²) in [6.45, 7) is 1.71. The van der Waals surface area contributed by atoms with E-state index in [2.05, 4.69) is 28.1 Å². The van der Waals surface area contributed by atoms with Gasteiger partial charge < -0.3 is 10.6 Å². The molecule has 1 aliphatic rings. The van der Waals surface area contributed by atoms with Gasteiger partial charge in [0, 0.05) is 36.2 Å². The second-order valence-electron chi connectivity index (χ2n) is 5.04. The van der Waals surface area contributed by atoms with Crippen LogP contribution in [0.2, 0.25) is 0 Å².